The van der Waals surface area contributed by atoms with Gasteiger partial charge in [-0.05, 0) is 25.0 Å². The Balaban J connectivity index is 2.12. The van der Waals surface area contributed by atoms with E-state index in [1.165, 1.54) is 20.0 Å². The summed E-state index contributed by atoms with van der Waals surface area (Å²) in [7, 11) is 1.38. The number of amides is 1. The Bertz CT molecular complexity index is 482. The first-order valence-electron chi connectivity index (χ1n) is 8.00. The first-order valence-corrected chi connectivity index (χ1v) is 8.00. The van der Waals surface area contributed by atoms with Crippen LogP contribution in [-0.2, 0) is 9.53 Å². The molecule has 1 fully saturated rings. The smallest absolute Gasteiger partial charge is 0.307 e. The second-order valence-electron chi connectivity index (χ2n) is 5.71. The maximum absolute atomic E-state index is 12.8. The van der Waals surface area contributed by atoms with Gasteiger partial charge in [0.05, 0.1) is 13.5 Å². The molecule has 0 atom stereocenters. The van der Waals surface area contributed by atoms with Gasteiger partial charge in [0.25, 0.3) is 5.91 Å². The molecular formula is C17H24N2O3. The van der Waals surface area contributed by atoms with Crippen molar-refractivity contribution < 1.29 is 14.3 Å². The predicted molar refractivity (Wildman–Crippen MR) is 83.4 cm³/mol. The number of hydrogen-bond donors (Lipinski definition) is 0. The van der Waals surface area contributed by atoms with Crippen molar-refractivity contribution in [1.82, 2.24) is 9.88 Å². The van der Waals surface area contributed by atoms with Crippen molar-refractivity contribution in [3.05, 3.63) is 30.1 Å². The van der Waals surface area contributed by atoms with Gasteiger partial charge in [0, 0.05) is 30.5 Å². The van der Waals surface area contributed by atoms with Crippen LogP contribution in [0.25, 0.3) is 0 Å². The van der Waals surface area contributed by atoms with Crippen LogP contribution in [-0.4, -0.2) is 41.5 Å². The Morgan fingerprint density at radius 1 is 1.18 bits per heavy atom. The lowest BCUT2D eigenvalue weighted by Gasteiger charge is -2.31. The SMILES string of the molecule is COC(=O)CCN(C(=O)c1ccncc1)C1CCCCCC1. The van der Waals surface area contributed by atoms with Crippen molar-refractivity contribution in [2.75, 3.05) is 13.7 Å². The standard InChI is InChI=1S/C17H24N2O3/c1-22-16(20)10-13-19(15-6-4-2-3-5-7-15)17(21)14-8-11-18-12-9-14/h8-9,11-12,15H,2-7,10,13H2,1H3. The zero-order chi connectivity index (χ0) is 15.8. The monoisotopic (exact) mass is 304 g/mol. The van der Waals surface area contributed by atoms with Crippen LogP contribution in [0, 0.1) is 0 Å². The van der Waals surface area contributed by atoms with Gasteiger partial charge in [-0.25, -0.2) is 0 Å². The molecule has 1 amide bonds. The van der Waals surface area contributed by atoms with E-state index in [-0.39, 0.29) is 24.3 Å². The van der Waals surface area contributed by atoms with Gasteiger partial charge in [0.1, 0.15) is 0 Å². The van der Waals surface area contributed by atoms with Crippen LogP contribution >= 0.6 is 0 Å². The number of pyridine rings is 1. The molecule has 0 aromatic carbocycles. The quantitative estimate of drug-likeness (QED) is 0.620. The Labute approximate surface area is 131 Å². The number of nitrogens with zero attached hydrogens (tertiary/aromatic N) is 2. The van der Waals surface area contributed by atoms with Crippen molar-refractivity contribution in [2.45, 2.75) is 51.0 Å². The molecule has 1 aliphatic rings. The van der Waals surface area contributed by atoms with Crippen molar-refractivity contribution in [1.29, 1.82) is 0 Å². The van der Waals surface area contributed by atoms with Crippen molar-refractivity contribution >= 4 is 11.9 Å². The third kappa shape index (κ3) is 4.55. The maximum Gasteiger partial charge on any atom is 0.307 e. The summed E-state index contributed by atoms with van der Waals surface area (Å²) in [4.78, 5) is 30.1. The fourth-order valence-electron chi connectivity index (χ4n) is 2.99. The van der Waals surface area contributed by atoms with E-state index in [1.54, 1.807) is 24.5 Å². The first kappa shape index (κ1) is 16.5. The van der Waals surface area contributed by atoms with Crippen molar-refractivity contribution in [3.63, 3.8) is 0 Å². The number of esters is 1. The molecule has 22 heavy (non-hydrogen) atoms. The Kier molecular flexibility index (Phi) is 6.37. The van der Waals surface area contributed by atoms with Crippen LogP contribution in [0.3, 0.4) is 0 Å². The average Bonchev–Trinajstić information content (AvgIpc) is 2.84. The lowest BCUT2D eigenvalue weighted by molar-refractivity contribution is -0.140. The molecule has 1 saturated carbocycles. The molecule has 1 aromatic rings. The predicted octanol–water partition coefficient (Wildman–Crippen LogP) is 2.81. The second-order valence-corrected chi connectivity index (χ2v) is 5.71. The minimum atomic E-state index is -0.277. The molecule has 0 bridgehead atoms. The van der Waals surface area contributed by atoms with Crippen LogP contribution in [0.1, 0.15) is 55.3 Å². The van der Waals surface area contributed by atoms with E-state index in [0.717, 1.165) is 25.7 Å². The molecule has 0 N–H and O–H groups in total. The van der Waals surface area contributed by atoms with Crippen molar-refractivity contribution in [2.24, 2.45) is 0 Å². The van der Waals surface area contributed by atoms with E-state index in [2.05, 4.69) is 4.98 Å². The van der Waals surface area contributed by atoms with Crippen LogP contribution in [0.4, 0.5) is 0 Å². The van der Waals surface area contributed by atoms with E-state index in [4.69, 9.17) is 4.74 Å². The van der Waals surface area contributed by atoms with Crippen molar-refractivity contribution in [3.8, 4) is 0 Å². The first-order chi connectivity index (χ1) is 10.7. The average molecular weight is 304 g/mol. The number of methoxy groups -OCH3 is 1. The highest BCUT2D eigenvalue weighted by atomic mass is 16.5. The van der Waals surface area contributed by atoms with Gasteiger partial charge in [0.15, 0.2) is 0 Å². The van der Waals surface area contributed by atoms with E-state index in [9.17, 15) is 9.59 Å². The van der Waals surface area contributed by atoms with Crippen LogP contribution in [0.5, 0.6) is 0 Å². The van der Waals surface area contributed by atoms with Crippen LogP contribution in [0.15, 0.2) is 24.5 Å². The van der Waals surface area contributed by atoms with E-state index < -0.39 is 0 Å². The number of carbonyl (C=O) groups is 2. The van der Waals surface area contributed by atoms with Crippen LogP contribution < -0.4 is 0 Å². The van der Waals surface area contributed by atoms with Crippen LogP contribution in [0.2, 0.25) is 0 Å². The molecule has 120 valence electrons. The topological polar surface area (TPSA) is 59.5 Å². The van der Waals surface area contributed by atoms with Gasteiger partial charge in [-0.15, -0.1) is 0 Å². The van der Waals surface area contributed by atoms with Gasteiger partial charge in [0.2, 0.25) is 0 Å². The highest BCUT2D eigenvalue weighted by Gasteiger charge is 2.26. The Hall–Kier alpha value is -1.91. The second kappa shape index (κ2) is 8.51. The van der Waals surface area contributed by atoms with E-state index >= 15 is 0 Å². The molecule has 5 heteroatoms. The number of ether oxygens (including phenoxy) is 1. The van der Waals surface area contributed by atoms with Gasteiger partial charge in [-0.1, -0.05) is 25.7 Å². The molecular weight excluding hydrogens is 280 g/mol. The number of carbonyl (C=O) groups excluding carboxylic acids is 2. The number of hydrogen-bond acceptors (Lipinski definition) is 4. The van der Waals surface area contributed by atoms with Gasteiger partial charge in [-0.2, -0.15) is 0 Å². The minimum absolute atomic E-state index is 0.0156. The fraction of sp³-hybridized carbons (Fsp3) is 0.588. The molecule has 5 nitrogen and oxygen atoms in total. The normalized spacial score (nSPS) is 15.9. The molecule has 0 saturated heterocycles. The summed E-state index contributed by atoms with van der Waals surface area (Å²) in [5.41, 5.74) is 0.629. The molecule has 2 rings (SSSR count). The van der Waals surface area contributed by atoms with Gasteiger partial charge in [-0.3, -0.25) is 14.6 Å². The summed E-state index contributed by atoms with van der Waals surface area (Å²) in [5, 5.41) is 0. The summed E-state index contributed by atoms with van der Waals surface area (Å²) in [6, 6.07) is 3.67. The summed E-state index contributed by atoms with van der Waals surface area (Å²) in [6.07, 6.45) is 10.2. The highest BCUT2D eigenvalue weighted by molar-refractivity contribution is 5.94. The maximum atomic E-state index is 12.8. The summed E-state index contributed by atoms with van der Waals surface area (Å²) in [6.45, 7) is 0.415. The lowest BCUT2D eigenvalue weighted by Crippen LogP contribution is -2.41. The Morgan fingerprint density at radius 2 is 1.82 bits per heavy atom. The van der Waals surface area contributed by atoms with Gasteiger partial charge < -0.3 is 9.64 Å². The third-order valence-electron chi connectivity index (χ3n) is 4.24. The largest absolute Gasteiger partial charge is 0.469 e. The molecule has 0 spiro atoms. The molecule has 1 aliphatic carbocycles. The van der Waals surface area contributed by atoms with E-state index in [0.29, 0.717) is 12.1 Å². The number of aromatic nitrogens is 1. The lowest BCUT2D eigenvalue weighted by atomic mass is 10.1. The third-order valence-corrected chi connectivity index (χ3v) is 4.24. The van der Waals surface area contributed by atoms with Gasteiger partial charge >= 0.3 is 5.97 Å². The molecule has 0 aliphatic heterocycles. The number of rotatable bonds is 5. The van der Waals surface area contributed by atoms with E-state index in [1.807, 2.05) is 4.90 Å². The fourth-order valence-corrected chi connectivity index (χ4v) is 2.99. The zero-order valence-corrected chi connectivity index (χ0v) is 13.2. The minimum Gasteiger partial charge on any atom is -0.469 e. The summed E-state index contributed by atoms with van der Waals surface area (Å²) >= 11 is 0. The molecule has 0 unspecified atom stereocenters. The highest BCUT2D eigenvalue weighted by Crippen LogP contribution is 2.23. The Morgan fingerprint density at radius 3 is 2.41 bits per heavy atom. The zero-order valence-electron chi connectivity index (χ0n) is 13.2. The molecule has 1 heterocycles. The molecule has 0 radical (unpaired) electrons. The summed E-state index contributed by atoms with van der Waals surface area (Å²) < 4.78 is 4.71. The summed E-state index contributed by atoms with van der Waals surface area (Å²) in [5.74, 6) is -0.292. The molecule has 1 aromatic heterocycles.